The molecule has 0 spiro atoms. The van der Waals surface area contributed by atoms with Crippen LogP contribution >= 0.6 is 23.6 Å². The SMILES string of the molecule is Cc1cc(C)c(NC(=S)N(CCCN2CCC[C@H](C)C2)Cc2cccs2)c(C)c1. The predicted molar refractivity (Wildman–Crippen MR) is 131 cm³/mol. The number of likely N-dealkylation sites (tertiary alicyclic amines) is 1. The summed E-state index contributed by atoms with van der Waals surface area (Å²) in [6.45, 7) is 14.4. The standard InChI is InChI=1S/C24H35N3S2/c1-18-8-5-10-26(16-18)11-7-12-27(17-22-9-6-13-29-22)24(28)25-23-20(3)14-19(2)15-21(23)4/h6,9,13-15,18H,5,7-8,10-12,16-17H2,1-4H3,(H,25,28)/t18-/m0/s1. The number of thiocarbonyl (C=S) groups is 1. The topological polar surface area (TPSA) is 18.5 Å². The van der Waals surface area contributed by atoms with Crippen molar-refractivity contribution in [1.29, 1.82) is 0 Å². The van der Waals surface area contributed by atoms with Crippen LogP contribution in [0.3, 0.4) is 0 Å². The van der Waals surface area contributed by atoms with Gasteiger partial charge in [-0.15, -0.1) is 11.3 Å². The molecule has 1 atom stereocenters. The minimum Gasteiger partial charge on any atom is -0.344 e. The summed E-state index contributed by atoms with van der Waals surface area (Å²) >= 11 is 7.68. The molecule has 158 valence electrons. The Kier molecular flexibility index (Phi) is 8.10. The van der Waals surface area contributed by atoms with Gasteiger partial charge in [0.15, 0.2) is 5.11 Å². The summed E-state index contributed by atoms with van der Waals surface area (Å²) < 4.78 is 0. The minimum absolute atomic E-state index is 0.834. The van der Waals surface area contributed by atoms with Crippen molar-refractivity contribution < 1.29 is 0 Å². The molecule has 2 aromatic rings. The van der Waals surface area contributed by atoms with E-state index in [1.165, 1.54) is 47.5 Å². The van der Waals surface area contributed by atoms with Crippen molar-refractivity contribution in [3.8, 4) is 0 Å². The highest BCUT2D eigenvalue weighted by Crippen LogP contribution is 2.23. The molecule has 1 N–H and O–H groups in total. The number of anilines is 1. The molecule has 3 rings (SSSR count). The molecule has 1 aliphatic heterocycles. The molecular formula is C24H35N3S2. The minimum atomic E-state index is 0.834. The molecule has 0 saturated carbocycles. The summed E-state index contributed by atoms with van der Waals surface area (Å²) in [6.07, 6.45) is 3.86. The van der Waals surface area contributed by atoms with Crippen LogP contribution < -0.4 is 5.32 Å². The van der Waals surface area contributed by atoms with E-state index in [0.717, 1.165) is 42.8 Å². The van der Waals surface area contributed by atoms with E-state index in [2.05, 4.69) is 72.5 Å². The summed E-state index contributed by atoms with van der Waals surface area (Å²) in [7, 11) is 0. The molecule has 0 aliphatic carbocycles. The van der Waals surface area contributed by atoms with Crippen LogP contribution in [0.25, 0.3) is 0 Å². The predicted octanol–water partition coefficient (Wildman–Crippen LogP) is 5.99. The molecule has 2 heterocycles. The first-order chi connectivity index (χ1) is 13.9. The number of nitrogens with zero attached hydrogens (tertiary/aromatic N) is 2. The number of hydrogen-bond acceptors (Lipinski definition) is 3. The molecule has 1 aromatic heterocycles. The van der Waals surface area contributed by atoms with Crippen molar-refractivity contribution in [2.45, 2.75) is 53.5 Å². The third kappa shape index (κ3) is 6.53. The molecule has 0 bridgehead atoms. The molecule has 1 fully saturated rings. The second kappa shape index (κ2) is 10.6. The van der Waals surface area contributed by atoms with Crippen LogP contribution in [-0.4, -0.2) is 41.1 Å². The zero-order valence-electron chi connectivity index (χ0n) is 18.3. The highest BCUT2D eigenvalue weighted by molar-refractivity contribution is 7.80. The summed E-state index contributed by atoms with van der Waals surface area (Å²) in [5.74, 6) is 0.834. The van der Waals surface area contributed by atoms with E-state index in [-0.39, 0.29) is 0 Å². The Morgan fingerprint density at radius 3 is 2.69 bits per heavy atom. The zero-order chi connectivity index (χ0) is 20.8. The van der Waals surface area contributed by atoms with Gasteiger partial charge in [-0.2, -0.15) is 0 Å². The van der Waals surface area contributed by atoms with E-state index in [9.17, 15) is 0 Å². The zero-order valence-corrected chi connectivity index (χ0v) is 20.0. The largest absolute Gasteiger partial charge is 0.344 e. The molecule has 1 aromatic carbocycles. The van der Waals surface area contributed by atoms with Gasteiger partial charge in [0.05, 0.1) is 6.54 Å². The Morgan fingerprint density at radius 1 is 1.28 bits per heavy atom. The van der Waals surface area contributed by atoms with E-state index < -0.39 is 0 Å². The third-order valence-electron chi connectivity index (χ3n) is 5.77. The van der Waals surface area contributed by atoms with E-state index in [4.69, 9.17) is 12.2 Å². The summed E-state index contributed by atoms with van der Waals surface area (Å²) in [5.41, 5.74) is 4.95. The van der Waals surface area contributed by atoms with Crippen molar-refractivity contribution >= 4 is 34.4 Å². The van der Waals surface area contributed by atoms with E-state index in [0.29, 0.717) is 0 Å². The van der Waals surface area contributed by atoms with Gasteiger partial charge in [-0.1, -0.05) is 30.7 Å². The quantitative estimate of drug-likeness (QED) is 0.544. The van der Waals surface area contributed by atoms with Gasteiger partial charge in [-0.25, -0.2) is 0 Å². The first-order valence-corrected chi connectivity index (χ1v) is 12.1. The second-order valence-corrected chi connectivity index (χ2v) is 10.0. The number of benzene rings is 1. The normalized spacial score (nSPS) is 17.3. The molecule has 1 saturated heterocycles. The van der Waals surface area contributed by atoms with Crippen LogP contribution in [0, 0.1) is 26.7 Å². The van der Waals surface area contributed by atoms with Gasteiger partial charge in [-0.05, 0) is 93.8 Å². The smallest absolute Gasteiger partial charge is 0.173 e. The molecule has 3 nitrogen and oxygen atoms in total. The first-order valence-electron chi connectivity index (χ1n) is 10.8. The lowest BCUT2D eigenvalue weighted by Crippen LogP contribution is -2.39. The third-order valence-corrected chi connectivity index (χ3v) is 6.99. The van der Waals surface area contributed by atoms with E-state index >= 15 is 0 Å². The summed E-state index contributed by atoms with van der Waals surface area (Å²) in [4.78, 5) is 6.33. The van der Waals surface area contributed by atoms with Crippen LogP contribution in [0.15, 0.2) is 29.6 Å². The Morgan fingerprint density at radius 2 is 2.03 bits per heavy atom. The van der Waals surface area contributed by atoms with Crippen molar-refractivity contribution in [3.63, 3.8) is 0 Å². The van der Waals surface area contributed by atoms with Crippen LogP contribution in [0.4, 0.5) is 5.69 Å². The molecule has 29 heavy (non-hydrogen) atoms. The van der Waals surface area contributed by atoms with Gasteiger partial charge < -0.3 is 15.1 Å². The second-order valence-electron chi connectivity index (χ2n) is 8.61. The van der Waals surface area contributed by atoms with Gasteiger partial charge in [-0.3, -0.25) is 0 Å². The Hall–Kier alpha value is -1.43. The number of piperidine rings is 1. The fourth-order valence-corrected chi connectivity index (χ4v) is 5.36. The van der Waals surface area contributed by atoms with Gasteiger partial charge in [0.25, 0.3) is 0 Å². The van der Waals surface area contributed by atoms with Crippen molar-refractivity contribution in [2.24, 2.45) is 5.92 Å². The van der Waals surface area contributed by atoms with Crippen molar-refractivity contribution in [2.75, 3.05) is 31.5 Å². The monoisotopic (exact) mass is 429 g/mol. The highest BCUT2D eigenvalue weighted by atomic mass is 32.1. The van der Waals surface area contributed by atoms with E-state index in [1.54, 1.807) is 11.3 Å². The van der Waals surface area contributed by atoms with Crippen LogP contribution in [-0.2, 0) is 6.54 Å². The van der Waals surface area contributed by atoms with Gasteiger partial charge in [0.2, 0.25) is 0 Å². The highest BCUT2D eigenvalue weighted by Gasteiger charge is 2.17. The maximum absolute atomic E-state index is 5.88. The first kappa shape index (κ1) is 22.3. The molecule has 1 aliphatic rings. The van der Waals surface area contributed by atoms with Crippen LogP contribution in [0.5, 0.6) is 0 Å². The lowest BCUT2D eigenvalue weighted by molar-refractivity contribution is 0.177. The maximum atomic E-state index is 5.88. The maximum Gasteiger partial charge on any atom is 0.173 e. The fraction of sp³-hybridized carbons (Fsp3) is 0.542. The van der Waals surface area contributed by atoms with Gasteiger partial charge in [0.1, 0.15) is 0 Å². The average Bonchev–Trinajstić information content (AvgIpc) is 3.17. The number of thiophene rings is 1. The fourth-order valence-electron chi connectivity index (χ4n) is 4.38. The molecule has 5 heteroatoms. The molecule has 0 radical (unpaired) electrons. The Labute approximate surface area is 186 Å². The molecule has 0 amide bonds. The van der Waals surface area contributed by atoms with Gasteiger partial charge in [0, 0.05) is 23.7 Å². The summed E-state index contributed by atoms with van der Waals surface area (Å²) in [6, 6.07) is 8.77. The average molecular weight is 430 g/mol. The molecular weight excluding hydrogens is 394 g/mol. The van der Waals surface area contributed by atoms with Crippen molar-refractivity contribution in [1.82, 2.24) is 9.80 Å². The Balaban J connectivity index is 1.63. The number of rotatable bonds is 7. The number of nitrogens with one attached hydrogen (secondary N) is 1. The molecule has 0 unspecified atom stereocenters. The van der Waals surface area contributed by atoms with Crippen LogP contribution in [0.2, 0.25) is 0 Å². The lowest BCUT2D eigenvalue weighted by atomic mass is 10.0. The van der Waals surface area contributed by atoms with Crippen molar-refractivity contribution in [3.05, 3.63) is 51.2 Å². The number of aryl methyl sites for hydroxylation is 3. The van der Waals surface area contributed by atoms with Crippen LogP contribution in [0.1, 0.15) is 47.8 Å². The lowest BCUT2D eigenvalue weighted by Gasteiger charge is -2.32. The Bertz CT molecular complexity index is 777. The van der Waals surface area contributed by atoms with Gasteiger partial charge >= 0.3 is 0 Å². The summed E-state index contributed by atoms with van der Waals surface area (Å²) in [5, 5.41) is 6.54. The number of hydrogen-bond donors (Lipinski definition) is 1. The van der Waals surface area contributed by atoms with E-state index in [1.807, 2.05) is 0 Å².